The van der Waals surface area contributed by atoms with Crippen LogP contribution in [0.3, 0.4) is 0 Å². The van der Waals surface area contributed by atoms with Gasteiger partial charge in [-0.25, -0.2) is 5.48 Å². The summed E-state index contributed by atoms with van der Waals surface area (Å²) in [6.07, 6.45) is 0.721. The largest absolute Gasteiger partial charge is 0.491 e. The molecule has 2 aliphatic heterocycles. The van der Waals surface area contributed by atoms with Crippen LogP contribution in [0.25, 0.3) is 0 Å². The van der Waals surface area contributed by atoms with E-state index in [1.54, 1.807) is 23.7 Å². The topological polar surface area (TPSA) is 88.1 Å². The summed E-state index contributed by atoms with van der Waals surface area (Å²) in [4.78, 5) is 26.4. The minimum absolute atomic E-state index is 0.0705. The number of rotatable bonds is 2. The van der Waals surface area contributed by atoms with Crippen molar-refractivity contribution in [3.05, 3.63) is 29.3 Å². The Balaban J connectivity index is 1.89. The molecule has 1 fully saturated rings. The summed E-state index contributed by atoms with van der Waals surface area (Å²) in [7, 11) is 0. The van der Waals surface area contributed by atoms with E-state index in [1.807, 2.05) is 18.7 Å². The second-order valence-electron chi connectivity index (χ2n) is 6.58. The zero-order chi connectivity index (χ0) is 17.3. The first-order valence-corrected chi connectivity index (χ1v) is 8.06. The van der Waals surface area contributed by atoms with Crippen LogP contribution < -0.4 is 10.2 Å². The van der Waals surface area contributed by atoms with Crippen molar-refractivity contribution in [1.29, 1.82) is 0 Å². The van der Waals surface area contributed by atoms with Crippen LogP contribution in [0.2, 0.25) is 0 Å². The number of hydrogen-bond acceptors (Lipinski definition) is 5. The third-order valence-electron chi connectivity index (χ3n) is 4.88. The van der Waals surface area contributed by atoms with Crippen molar-refractivity contribution in [2.45, 2.75) is 26.3 Å². The standard InChI is InChI=1S/C17H22N2O5/c1-11-13-4-3-12(15(20)18-22)9-14(13)24-8-6-19(11)16(21)17(2)5-7-23-10-17/h3-4,9,11,22H,5-8,10H2,1-2H3,(H,18,20)/t11?,17-/m1/s1. The van der Waals surface area contributed by atoms with E-state index in [-0.39, 0.29) is 11.9 Å². The fourth-order valence-electron chi connectivity index (χ4n) is 3.29. The molecule has 0 saturated carbocycles. The van der Waals surface area contributed by atoms with Gasteiger partial charge in [0, 0.05) is 17.7 Å². The Morgan fingerprint density at radius 1 is 1.38 bits per heavy atom. The van der Waals surface area contributed by atoms with Gasteiger partial charge in [0.05, 0.1) is 24.6 Å². The molecule has 2 aliphatic rings. The Labute approximate surface area is 140 Å². The number of hydrogen-bond donors (Lipinski definition) is 2. The molecule has 3 rings (SSSR count). The van der Waals surface area contributed by atoms with Gasteiger partial charge in [-0.2, -0.15) is 0 Å². The normalized spacial score (nSPS) is 26.3. The summed E-state index contributed by atoms with van der Waals surface area (Å²) in [5.74, 6) is 0.0368. The highest BCUT2D eigenvalue weighted by molar-refractivity contribution is 5.94. The minimum atomic E-state index is -0.596. The van der Waals surface area contributed by atoms with Crippen molar-refractivity contribution in [3.8, 4) is 5.75 Å². The van der Waals surface area contributed by atoms with Gasteiger partial charge in [0.15, 0.2) is 0 Å². The molecule has 0 bridgehead atoms. The number of ether oxygens (including phenoxy) is 2. The number of amides is 2. The number of hydroxylamine groups is 1. The van der Waals surface area contributed by atoms with Crippen LogP contribution in [-0.4, -0.2) is 48.3 Å². The maximum Gasteiger partial charge on any atom is 0.274 e. The first-order chi connectivity index (χ1) is 11.5. The van der Waals surface area contributed by atoms with Gasteiger partial charge in [0.1, 0.15) is 12.4 Å². The first kappa shape index (κ1) is 16.7. The van der Waals surface area contributed by atoms with Gasteiger partial charge < -0.3 is 14.4 Å². The summed E-state index contributed by atoms with van der Waals surface area (Å²) in [5, 5.41) is 8.76. The lowest BCUT2D eigenvalue weighted by atomic mass is 9.87. The van der Waals surface area contributed by atoms with E-state index in [4.69, 9.17) is 14.7 Å². The summed E-state index contributed by atoms with van der Waals surface area (Å²) in [6, 6.07) is 4.80. The molecular formula is C17H22N2O5. The molecular weight excluding hydrogens is 312 g/mol. The van der Waals surface area contributed by atoms with Gasteiger partial charge in [-0.05, 0) is 32.4 Å². The Kier molecular flexibility index (Phi) is 4.47. The van der Waals surface area contributed by atoms with E-state index < -0.39 is 11.3 Å². The lowest BCUT2D eigenvalue weighted by Gasteiger charge is -2.33. The predicted octanol–water partition coefficient (Wildman–Crippen LogP) is 1.51. The van der Waals surface area contributed by atoms with E-state index in [0.717, 1.165) is 12.0 Å². The van der Waals surface area contributed by atoms with Gasteiger partial charge in [-0.3, -0.25) is 14.8 Å². The van der Waals surface area contributed by atoms with Gasteiger partial charge >= 0.3 is 0 Å². The van der Waals surface area contributed by atoms with E-state index in [9.17, 15) is 9.59 Å². The Morgan fingerprint density at radius 3 is 2.83 bits per heavy atom. The fourth-order valence-corrected chi connectivity index (χ4v) is 3.29. The molecule has 7 heteroatoms. The second-order valence-corrected chi connectivity index (χ2v) is 6.58. The Bertz CT molecular complexity index is 654. The molecule has 2 N–H and O–H groups in total. The molecule has 0 aromatic heterocycles. The average Bonchev–Trinajstić information content (AvgIpc) is 2.97. The third kappa shape index (κ3) is 2.85. The molecule has 1 aromatic carbocycles. The molecule has 130 valence electrons. The maximum atomic E-state index is 13.0. The quantitative estimate of drug-likeness (QED) is 0.632. The van der Waals surface area contributed by atoms with Crippen LogP contribution in [0, 0.1) is 5.41 Å². The SMILES string of the molecule is CC1c2ccc(C(=O)NO)cc2OCCN1C(=O)[C@]1(C)CCOC1. The number of nitrogens with one attached hydrogen (secondary N) is 1. The second kappa shape index (κ2) is 6.41. The van der Waals surface area contributed by atoms with Crippen LogP contribution in [0.15, 0.2) is 18.2 Å². The monoisotopic (exact) mass is 334 g/mol. The molecule has 1 aromatic rings. The molecule has 24 heavy (non-hydrogen) atoms. The summed E-state index contributed by atoms with van der Waals surface area (Å²) in [5.41, 5.74) is 2.27. The van der Waals surface area contributed by atoms with Crippen LogP contribution in [-0.2, 0) is 9.53 Å². The van der Waals surface area contributed by atoms with Gasteiger partial charge in [-0.1, -0.05) is 6.07 Å². The van der Waals surface area contributed by atoms with E-state index in [0.29, 0.717) is 37.7 Å². The number of carbonyl (C=O) groups is 2. The molecule has 2 heterocycles. The van der Waals surface area contributed by atoms with Crippen LogP contribution in [0.5, 0.6) is 5.75 Å². The first-order valence-electron chi connectivity index (χ1n) is 8.06. The van der Waals surface area contributed by atoms with Crippen LogP contribution in [0.1, 0.15) is 42.2 Å². The highest BCUT2D eigenvalue weighted by Crippen LogP contribution is 2.37. The van der Waals surface area contributed by atoms with Crippen molar-refractivity contribution in [2.24, 2.45) is 5.41 Å². The summed E-state index contributed by atoms with van der Waals surface area (Å²) >= 11 is 0. The third-order valence-corrected chi connectivity index (χ3v) is 4.88. The highest BCUT2D eigenvalue weighted by Gasteiger charge is 2.42. The predicted molar refractivity (Wildman–Crippen MR) is 84.9 cm³/mol. The number of benzene rings is 1. The molecule has 2 atom stereocenters. The van der Waals surface area contributed by atoms with Crippen molar-refractivity contribution < 1.29 is 24.3 Å². The highest BCUT2D eigenvalue weighted by atomic mass is 16.5. The van der Waals surface area contributed by atoms with Crippen molar-refractivity contribution in [1.82, 2.24) is 10.4 Å². The molecule has 7 nitrogen and oxygen atoms in total. The van der Waals surface area contributed by atoms with Crippen LogP contribution >= 0.6 is 0 Å². The average molecular weight is 334 g/mol. The van der Waals surface area contributed by atoms with E-state index in [2.05, 4.69) is 0 Å². The fraction of sp³-hybridized carbons (Fsp3) is 0.529. The van der Waals surface area contributed by atoms with Crippen molar-refractivity contribution in [2.75, 3.05) is 26.4 Å². The summed E-state index contributed by atoms with van der Waals surface area (Å²) in [6.45, 7) is 5.78. The molecule has 2 amide bonds. The van der Waals surface area contributed by atoms with Crippen molar-refractivity contribution >= 4 is 11.8 Å². The lowest BCUT2D eigenvalue weighted by Crippen LogP contribution is -2.45. The Hall–Kier alpha value is -2.12. The lowest BCUT2D eigenvalue weighted by molar-refractivity contribution is -0.143. The molecule has 1 saturated heterocycles. The smallest absolute Gasteiger partial charge is 0.274 e. The summed E-state index contributed by atoms with van der Waals surface area (Å²) < 4.78 is 11.2. The van der Waals surface area contributed by atoms with Gasteiger partial charge in [0.2, 0.25) is 5.91 Å². The number of fused-ring (bicyclic) bond motifs is 1. The zero-order valence-corrected chi connectivity index (χ0v) is 13.9. The number of nitrogens with zero attached hydrogens (tertiary/aromatic N) is 1. The van der Waals surface area contributed by atoms with E-state index >= 15 is 0 Å². The molecule has 1 unspecified atom stereocenters. The number of carbonyl (C=O) groups excluding carboxylic acids is 2. The molecule has 0 aliphatic carbocycles. The maximum absolute atomic E-state index is 13.0. The molecule has 0 spiro atoms. The van der Waals surface area contributed by atoms with Crippen molar-refractivity contribution in [3.63, 3.8) is 0 Å². The Morgan fingerprint density at radius 2 is 2.17 bits per heavy atom. The zero-order valence-electron chi connectivity index (χ0n) is 13.9. The van der Waals surface area contributed by atoms with Crippen LogP contribution in [0.4, 0.5) is 0 Å². The van der Waals surface area contributed by atoms with Gasteiger partial charge in [0.25, 0.3) is 5.91 Å². The minimum Gasteiger partial charge on any atom is -0.491 e. The molecule has 0 radical (unpaired) electrons. The van der Waals surface area contributed by atoms with Gasteiger partial charge in [-0.15, -0.1) is 0 Å². The van der Waals surface area contributed by atoms with E-state index in [1.165, 1.54) is 0 Å².